The third kappa shape index (κ3) is 7.58. The number of aliphatic hydroxyl groups excluding tert-OH is 1. The van der Waals surface area contributed by atoms with Crippen molar-refractivity contribution in [1.29, 1.82) is 5.26 Å². The van der Waals surface area contributed by atoms with Gasteiger partial charge in [0, 0.05) is 24.3 Å². The van der Waals surface area contributed by atoms with Gasteiger partial charge in [0.1, 0.15) is 11.5 Å². The van der Waals surface area contributed by atoms with Gasteiger partial charge >= 0.3 is 0 Å². The van der Waals surface area contributed by atoms with Gasteiger partial charge < -0.3 is 20.2 Å². The number of hydrogen-bond acceptors (Lipinski definition) is 5. The van der Waals surface area contributed by atoms with E-state index >= 15 is 0 Å². The van der Waals surface area contributed by atoms with Crippen molar-refractivity contribution in [2.24, 2.45) is 0 Å². The van der Waals surface area contributed by atoms with Crippen LogP contribution in [0.5, 0.6) is 0 Å². The second-order valence-electron chi connectivity index (χ2n) is 9.67. The molecule has 3 N–H and O–H groups in total. The molecular weight excluding hydrogens is 510 g/mol. The summed E-state index contributed by atoms with van der Waals surface area (Å²) >= 11 is 6.41. The van der Waals surface area contributed by atoms with Gasteiger partial charge in [0.2, 0.25) is 0 Å². The molecule has 2 atom stereocenters. The van der Waals surface area contributed by atoms with Gasteiger partial charge in [-0.2, -0.15) is 5.26 Å². The zero-order valence-corrected chi connectivity index (χ0v) is 22.8. The number of nitrogens with one attached hydrogen (secondary N) is 2. The lowest BCUT2D eigenvalue weighted by Crippen LogP contribution is -2.37. The van der Waals surface area contributed by atoms with Gasteiger partial charge in [-0.05, 0) is 80.3 Å². The van der Waals surface area contributed by atoms with Crippen molar-refractivity contribution < 1.29 is 14.3 Å². The summed E-state index contributed by atoms with van der Waals surface area (Å²) in [5, 5.41) is 25.4. The van der Waals surface area contributed by atoms with Crippen molar-refractivity contribution in [3.05, 3.63) is 117 Å². The highest BCUT2D eigenvalue weighted by molar-refractivity contribution is 6.34. The monoisotopic (exact) mass is 541 g/mol. The highest BCUT2D eigenvalue weighted by atomic mass is 35.5. The molecule has 4 aromatic rings. The maximum Gasteiger partial charge on any atom is 0.253 e. The fourth-order valence-electron chi connectivity index (χ4n) is 4.35. The molecule has 1 amide bonds. The highest BCUT2D eigenvalue weighted by Gasteiger charge is 2.18. The highest BCUT2D eigenvalue weighted by Crippen LogP contribution is 2.27. The molecule has 0 aliphatic carbocycles. The van der Waals surface area contributed by atoms with E-state index in [1.807, 2.05) is 30.3 Å². The van der Waals surface area contributed by atoms with Crippen molar-refractivity contribution in [2.45, 2.75) is 45.3 Å². The number of amides is 1. The number of nitriles is 1. The molecule has 0 bridgehead atoms. The molecule has 0 saturated carbocycles. The first-order valence-electron chi connectivity index (χ1n) is 13.0. The van der Waals surface area contributed by atoms with Crippen LogP contribution >= 0.6 is 11.6 Å². The van der Waals surface area contributed by atoms with E-state index in [9.17, 15) is 9.90 Å². The maximum absolute atomic E-state index is 13.2. The fraction of sp³-hybridized carbons (Fsp3) is 0.250. The van der Waals surface area contributed by atoms with Crippen LogP contribution in [0.25, 0.3) is 11.3 Å². The van der Waals surface area contributed by atoms with Crippen LogP contribution in [0.3, 0.4) is 0 Å². The molecule has 0 saturated heterocycles. The van der Waals surface area contributed by atoms with Crippen molar-refractivity contribution in [1.82, 2.24) is 10.6 Å². The Labute approximate surface area is 234 Å². The smallest absolute Gasteiger partial charge is 0.253 e. The molecule has 39 heavy (non-hydrogen) atoms. The summed E-state index contributed by atoms with van der Waals surface area (Å²) in [5.41, 5.74) is 5.05. The standard InChI is InChI=1S/C32H32ClN3O3/c1-21-3-9-25(10-4-21)22(2)35-20-28-12-14-31(39-28)26-11-13-30(33)29(18-26)32(38)36-27(15-16-37)17-23-5-7-24(19-34)8-6-23/h3-14,18,22,27,35,37H,15-17,20H2,1-2H3,(H,36,38). The topological polar surface area (TPSA) is 98.3 Å². The number of aryl methyl sites for hydroxylation is 1. The molecule has 1 aromatic heterocycles. The van der Waals surface area contributed by atoms with Gasteiger partial charge in [-0.15, -0.1) is 0 Å². The summed E-state index contributed by atoms with van der Waals surface area (Å²) in [6.07, 6.45) is 0.906. The van der Waals surface area contributed by atoms with Gasteiger partial charge in [-0.1, -0.05) is 53.6 Å². The minimum Gasteiger partial charge on any atom is -0.460 e. The van der Waals surface area contributed by atoms with Crippen LogP contribution in [0.4, 0.5) is 0 Å². The lowest BCUT2D eigenvalue weighted by molar-refractivity contribution is 0.0930. The minimum atomic E-state index is -0.325. The van der Waals surface area contributed by atoms with E-state index in [4.69, 9.17) is 21.3 Å². The Morgan fingerprint density at radius 3 is 2.49 bits per heavy atom. The van der Waals surface area contributed by atoms with Crippen molar-refractivity contribution >= 4 is 17.5 Å². The molecule has 7 heteroatoms. The fourth-order valence-corrected chi connectivity index (χ4v) is 4.55. The summed E-state index contributed by atoms with van der Waals surface area (Å²) in [4.78, 5) is 13.2. The second kappa shape index (κ2) is 13.3. The quantitative estimate of drug-likeness (QED) is 0.205. The van der Waals surface area contributed by atoms with Crippen molar-refractivity contribution in [2.75, 3.05) is 6.61 Å². The number of carbonyl (C=O) groups excluding carboxylic acids is 1. The summed E-state index contributed by atoms with van der Waals surface area (Å²) in [7, 11) is 0. The Balaban J connectivity index is 1.42. The van der Waals surface area contributed by atoms with Crippen molar-refractivity contribution in [3.63, 3.8) is 0 Å². The zero-order chi connectivity index (χ0) is 27.8. The maximum atomic E-state index is 13.2. The molecule has 0 radical (unpaired) electrons. The van der Waals surface area contributed by atoms with E-state index in [-0.39, 0.29) is 24.6 Å². The average Bonchev–Trinajstić information content (AvgIpc) is 3.42. The Hall–Kier alpha value is -3.89. The lowest BCUT2D eigenvalue weighted by atomic mass is 10.0. The molecule has 0 fully saturated rings. The first-order chi connectivity index (χ1) is 18.9. The third-order valence-electron chi connectivity index (χ3n) is 6.69. The average molecular weight is 542 g/mol. The number of nitrogens with zero attached hydrogens (tertiary/aromatic N) is 1. The van der Waals surface area contributed by atoms with E-state index in [1.165, 1.54) is 11.1 Å². The normalized spacial score (nSPS) is 12.5. The largest absolute Gasteiger partial charge is 0.460 e. The number of carbonyl (C=O) groups is 1. The van der Waals surface area contributed by atoms with E-state index in [0.717, 1.165) is 16.9 Å². The van der Waals surface area contributed by atoms with E-state index in [1.54, 1.807) is 24.3 Å². The molecule has 1 heterocycles. The Morgan fingerprint density at radius 1 is 1.05 bits per heavy atom. The SMILES string of the molecule is Cc1ccc(C(C)NCc2ccc(-c3ccc(Cl)c(C(=O)NC(CCO)Cc4ccc(C#N)cc4)c3)o2)cc1. The third-order valence-corrected chi connectivity index (χ3v) is 7.02. The van der Waals surface area contributed by atoms with Gasteiger partial charge in [0.25, 0.3) is 5.91 Å². The molecule has 200 valence electrons. The Morgan fingerprint density at radius 2 is 1.79 bits per heavy atom. The van der Waals surface area contributed by atoms with Gasteiger partial charge in [-0.3, -0.25) is 4.79 Å². The first kappa shape index (κ1) is 28.1. The van der Waals surface area contributed by atoms with Gasteiger partial charge in [0.05, 0.1) is 28.8 Å². The number of furan rings is 1. The number of halogens is 1. The lowest BCUT2D eigenvalue weighted by Gasteiger charge is -2.19. The second-order valence-corrected chi connectivity index (χ2v) is 10.1. The summed E-state index contributed by atoms with van der Waals surface area (Å²) < 4.78 is 6.07. The minimum absolute atomic E-state index is 0.0687. The van der Waals surface area contributed by atoms with Gasteiger partial charge in [0.15, 0.2) is 0 Å². The van der Waals surface area contributed by atoms with Crippen LogP contribution in [-0.2, 0) is 13.0 Å². The van der Waals surface area contributed by atoms with Gasteiger partial charge in [-0.25, -0.2) is 0 Å². The summed E-state index contributed by atoms with van der Waals surface area (Å²) in [5.74, 6) is 1.11. The van der Waals surface area contributed by atoms with Crippen LogP contribution in [0.2, 0.25) is 5.02 Å². The number of aliphatic hydroxyl groups is 1. The number of rotatable bonds is 11. The first-order valence-corrected chi connectivity index (χ1v) is 13.3. The van der Waals surface area contributed by atoms with Crippen LogP contribution in [0.1, 0.15) is 57.8 Å². The van der Waals surface area contributed by atoms with Crippen molar-refractivity contribution in [3.8, 4) is 17.4 Å². The molecular formula is C32H32ClN3O3. The summed E-state index contributed by atoms with van der Waals surface area (Å²) in [6.45, 7) is 4.68. The molecule has 3 aromatic carbocycles. The Kier molecular flexibility index (Phi) is 9.56. The predicted molar refractivity (Wildman–Crippen MR) is 153 cm³/mol. The molecule has 6 nitrogen and oxygen atoms in total. The van der Waals surface area contributed by atoms with E-state index in [2.05, 4.69) is 54.8 Å². The summed E-state index contributed by atoms with van der Waals surface area (Å²) in [6, 6.07) is 26.7. The molecule has 0 spiro atoms. The predicted octanol–water partition coefficient (Wildman–Crippen LogP) is 6.35. The van der Waals surface area contributed by atoms with E-state index in [0.29, 0.717) is 41.3 Å². The zero-order valence-electron chi connectivity index (χ0n) is 22.1. The molecule has 0 aliphatic rings. The molecule has 0 aliphatic heterocycles. The van der Waals surface area contributed by atoms with Crippen LogP contribution in [-0.4, -0.2) is 23.7 Å². The molecule has 2 unspecified atom stereocenters. The number of hydrogen-bond donors (Lipinski definition) is 3. The van der Waals surface area contributed by atoms with Crippen LogP contribution < -0.4 is 10.6 Å². The Bertz CT molecular complexity index is 1440. The van der Waals surface area contributed by atoms with Crippen LogP contribution in [0, 0.1) is 18.3 Å². The van der Waals surface area contributed by atoms with Crippen LogP contribution in [0.15, 0.2) is 83.3 Å². The number of benzene rings is 3. The van der Waals surface area contributed by atoms with E-state index < -0.39 is 0 Å². The molecule has 4 rings (SSSR count).